The number of fused-ring (bicyclic) bond motifs is 7. The lowest BCUT2D eigenvalue weighted by Crippen LogP contribution is -2.42. The molecule has 72 heavy (non-hydrogen) atoms. The number of hydrogen-bond donors (Lipinski definition) is 4. The van der Waals surface area contributed by atoms with Gasteiger partial charge in [0.05, 0.1) is 39.6 Å². The lowest BCUT2D eigenvalue weighted by molar-refractivity contribution is -0.163. The molecule has 12 heteroatoms. The molecule has 4 N–H and O–H groups in total. The Labute approximate surface area is 428 Å². The topological polar surface area (TPSA) is 186 Å². The van der Waals surface area contributed by atoms with Gasteiger partial charge in [-0.05, 0) is 163 Å². The van der Waals surface area contributed by atoms with E-state index in [2.05, 4.69) is 51.1 Å². The summed E-state index contributed by atoms with van der Waals surface area (Å²) in [6, 6.07) is 18.4. The molecule has 0 heterocycles. The second-order valence-corrected chi connectivity index (χ2v) is 22.2. The van der Waals surface area contributed by atoms with Crippen molar-refractivity contribution in [2.45, 2.75) is 156 Å². The van der Waals surface area contributed by atoms with Gasteiger partial charge in [-0.1, -0.05) is 102 Å². The highest BCUT2D eigenvalue weighted by Gasteiger charge is 2.51. The highest BCUT2D eigenvalue weighted by molar-refractivity contribution is 5.98. The molecule has 0 amide bonds. The minimum atomic E-state index is -1.29. The molecule has 12 nitrogen and oxygen atoms in total. The molecule has 398 valence electrons. The van der Waals surface area contributed by atoms with Gasteiger partial charge in [0.1, 0.15) is 23.5 Å². The molecule has 4 aliphatic rings. The van der Waals surface area contributed by atoms with Gasteiger partial charge in [0, 0.05) is 19.3 Å². The molecular formula is C60H86O12. The largest absolute Gasteiger partial charge is 0.465 e. The molecule has 0 saturated heterocycles. The monoisotopic (exact) mass is 999 g/mol. The molecule has 7 rings (SSSR count). The van der Waals surface area contributed by atoms with Crippen molar-refractivity contribution >= 4 is 45.4 Å². The van der Waals surface area contributed by atoms with Crippen LogP contribution in [0.2, 0.25) is 0 Å². The molecule has 0 bridgehead atoms. The van der Waals surface area contributed by atoms with Gasteiger partial charge in [-0.2, -0.15) is 0 Å². The van der Waals surface area contributed by atoms with E-state index in [1.54, 1.807) is 19.4 Å². The predicted octanol–water partition coefficient (Wildman–Crippen LogP) is 10.6. The molecule has 4 aliphatic carbocycles. The fraction of sp³-hybridized carbons (Fsp3) is 0.667. The standard InChI is InChI=1S/C35H58O6.C25H28O6/c1-5-35(21-36,22-37)34(39)40-19-7-10-33(38)41-26-12-14-28-25(20-26)11-13-31-30(28)18-17-29-27(15-16-32(29)31)24(4)9-6-8-23(2)3;1-2-25(16-26,17-27)24(29)30-11-5-8-23(28)31-15-18-9-10-21-13-19-6-3-4-7-20(19)14-22(21)12-18/h11,23-24,26-32,36-37H,5-10,12-22H2,1-4H3;3-4,6-7,9-10,12-14,26-27H,2,5,8,11,15-17H2,1H3. The molecule has 0 radical (unpaired) electrons. The Morgan fingerprint density at radius 3 is 1.81 bits per heavy atom. The first-order valence-electron chi connectivity index (χ1n) is 27.5. The van der Waals surface area contributed by atoms with Gasteiger partial charge in [-0.25, -0.2) is 0 Å². The molecule has 0 aliphatic heterocycles. The zero-order valence-electron chi connectivity index (χ0n) is 44.0. The number of ether oxygens (including phenoxy) is 4. The molecule has 8 unspecified atom stereocenters. The van der Waals surface area contributed by atoms with Crippen LogP contribution in [0.25, 0.3) is 21.5 Å². The third kappa shape index (κ3) is 14.3. The first-order valence-corrected chi connectivity index (χ1v) is 27.5. The summed E-state index contributed by atoms with van der Waals surface area (Å²) in [6.07, 6.45) is 18.1. The van der Waals surface area contributed by atoms with Gasteiger partial charge in [-0.15, -0.1) is 0 Å². The lowest BCUT2D eigenvalue weighted by atomic mass is 9.56. The minimum absolute atomic E-state index is 0.0265. The second-order valence-electron chi connectivity index (χ2n) is 22.2. The number of allylic oxidation sites excluding steroid dienone is 1. The quantitative estimate of drug-likeness (QED) is 0.0219. The Balaban J connectivity index is 0.000000245. The highest BCUT2D eigenvalue weighted by Crippen LogP contribution is 2.59. The summed E-state index contributed by atoms with van der Waals surface area (Å²) in [5.74, 6) is 5.00. The number of hydrogen-bond acceptors (Lipinski definition) is 12. The molecule has 0 aromatic heterocycles. The van der Waals surface area contributed by atoms with Crippen LogP contribution in [-0.2, 0) is 44.7 Å². The Hall–Kier alpha value is -4.36. The summed E-state index contributed by atoms with van der Waals surface area (Å²) in [6.45, 7) is 9.06. The van der Waals surface area contributed by atoms with E-state index in [0.29, 0.717) is 25.2 Å². The first-order chi connectivity index (χ1) is 34.7. The van der Waals surface area contributed by atoms with Crippen molar-refractivity contribution in [2.75, 3.05) is 39.6 Å². The summed E-state index contributed by atoms with van der Waals surface area (Å²) < 4.78 is 21.6. The van der Waals surface area contributed by atoms with Crippen molar-refractivity contribution in [3.8, 4) is 0 Å². The maximum Gasteiger partial charge on any atom is 0.316 e. The fourth-order valence-corrected chi connectivity index (χ4v) is 12.5. The van der Waals surface area contributed by atoms with Gasteiger partial charge in [0.2, 0.25) is 0 Å². The van der Waals surface area contributed by atoms with Gasteiger partial charge in [0.15, 0.2) is 0 Å². The summed E-state index contributed by atoms with van der Waals surface area (Å²) in [5, 5.41) is 42.3. The van der Waals surface area contributed by atoms with Crippen molar-refractivity contribution in [3.05, 3.63) is 71.8 Å². The summed E-state index contributed by atoms with van der Waals surface area (Å²) in [7, 11) is 0. The van der Waals surface area contributed by atoms with Crippen molar-refractivity contribution in [1.82, 2.24) is 0 Å². The Morgan fingerprint density at radius 1 is 0.611 bits per heavy atom. The van der Waals surface area contributed by atoms with E-state index < -0.39 is 49.2 Å². The van der Waals surface area contributed by atoms with Gasteiger partial charge in [-0.3, -0.25) is 19.2 Å². The van der Waals surface area contributed by atoms with Crippen LogP contribution in [-0.4, -0.2) is 90.0 Å². The van der Waals surface area contributed by atoms with Crippen molar-refractivity contribution in [3.63, 3.8) is 0 Å². The van der Waals surface area contributed by atoms with Gasteiger partial charge < -0.3 is 39.4 Å². The zero-order valence-corrected chi connectivity index (χ0v) is 44.0. The zero-order chi connectivity index (χ0) is 51.8. The average molecular weight is 999 g/mol. The SMILES string of the molecule is CCC(CO)(CO)C(=O)OCCCC(=O)OC1CCC2C(=CCC3C2CCC2C(C(C)CCCC(C)C)CCC23)C1.CCC(CO)(CO)C(=O)OCCCC(=O)OCc1ccc2cc3ccccc3cc2c1. The van der Waals surface area contributed by atoms with Crippen molar-refractivity contribution in [1.29, 1.82) is 0 Å². The molecule has 8 atom stereocenters. The molecule has 0 spiro atoms. The van der Waals surface area contributed by atoms with Crippen molar-refractivity contribution < 1.29 is 58.6 Å². The van der Waals surface area contributed by atoms with E-state index >= 15 is 0 Å². The van der Waals surface area contributed by atoms with Crippen molar-refractivity contribution in [2.24, 2.45) is 58.2 Å². The van der Waals surface area contributed by atoms with E-state index in [4.69, 9.17) is 18.9 Å². The highest BCUT2D eigenvalue weighted by atomic mass is 16.6. The lowest BCUT2D eigenvalue weighted by Gasteiger charge is -2.50. The van der Waals surface area contributed by atoms with Crippen LogP contribution in [0.15, 0.2) is 66.2 Å². The van der Waals surface area contributed by atoms with E-state index in [-0.39, 0.29) is 57.1 Å². The normalized spacial score (nSPS) is 23.2. The Bertz CT molecular complexity index is 2240. The summed E-state index contributed by atoms with van der Waals surface area (Å²) in [5.41, 5.74) is -0.109. The Kier molecular flexibility index (Phi) is 21.5. The maximum atomic E-state index is 12.6. The molecule has 3 fully saturated rings. The van der Waals surface area contributed by atoms with E-state index in [0.717, 1.165) is 82.4 Å². The number of aliphatic hydroxyl groups is 4. The van der Waals surface area contributed by atoms with E-state index in [1.807, 2.05) is 30.3 Å². The predicted molar refractivity (Wildman–Crippen MR) is 279 cm³/mol. The van der Waals surface area contributed by atoms with Crippen LogP contribution in [0.4, 0.5) is 0 Å². The number of rotatable bonds is 24. The van der Waals surface area contributed by atoms with E-state index in [9.17, 15) is 39.6 Å². The summed E-state index contributed by atoms with van der Waals surface area (Å²) >= 11 is 0. The summed E-state index contributed by atoms with van der Waals surface area (Å²) in [4.78, 5) is 48.9. The molecule has 3 saturated carbocycles. The number of carbonyl (C=O) groups excluding carboxylic acids is 4. The molecule has 3 aromatic rings. The number of aliphatic hydroxyl groups excluding tert-OH is 4. The number of esters is 4. The molecular weight excluding hydrogens is 913 g/mol. The maximum absolute atomic E-state index is 12.6. The number of carbonyl (C=O) groups is 4. The van der Waals surface area contributed by atoms with Crippen LogP contribution in [0.1, 0.15) is 149 Å². The second kappa shape index (κ2) is 27.3. The van der Waals surface area contributed by atoms with Gasteiger partial charge in [0.25, 0.3) is 0 Å². The third-order valence-electron chi connectivity index (χ3n) is 17.4. The Morgan fingerprint density at radius 2 is 1.19 bits per heavy atom. The van der Waals surface area contributed by atoms with E-state index in [1.165, 1.54) is 56.8 Å². The third-order valence-corrected chi connectivity index (χ3v) is 17.4. The smallest absolute Gasteiger partial charge is 0.316 e. The van der Waals surface area contributed by atoms with Gasteiger partial charge >= 0.3 is 23.9 Å². The van der Waals surface area contributed by atoms with Crippen LogP contribution in [0.3, 0.4) is 0 Å². The van der Waals surface area contributed by atoms with Crippen LogP contribution >= 0.6 is 0 Å². The number of benzene rings is 3. The first kappa shape index (κ1) is 56.9. The fourth-order valence-electron chi connectivity index (χ4n) is 12.5. The van der Waals surface area contributed by atoms with Crippen LogP contribution in [0, 0.1) is 58.2 Å². The van der Waals surface area contributed by atoms with Crippen LogP contribution < -0.4 is 0 Å². The van der Waals surface area contributed by atoms with Crippen LogP contribution in [0.5, 0.6) is 0 Å². The minimum Gasteiger partial charge on any atom is -0.465 e. The molecule has 3 aromatic carbocycles. The average Bonchev–Trinajstić information content (AvgIpc) is 3.84.